The zero-order valence-corrected chi connectivity index (χ0v) is 24.6. The van der Waals surface area contributed by atoms with Crippen LogP contribution in [0.15, 0.2) is 72.8 Å². The predicted octanol–water partition coefficient (Wildman–Crippen LogP) is 6.63. The van der Waals surface area contributed by atoms with Crippen molar-refractivity contribution in [1.82, 2.24) is 10.2 Å². The van der Waals surface area contributed by atoms with E-state index >= 15 is 0 Å². The highest BCUT2D eigenvalue weighted by Crippen LogP contribution is 2.29. The Labute approximate surface area is 243 Å². The van der Waals surface area contributed by atoms with Crippen molar-refractivity contribution in [2.75, 3.05) is 19.8 Å². The summed E-state index contributed by atoms with van der Waals surface area (Å²) < 4.78 is 11.5. The second-order valence-corrected chi connectivity index (χ2v) is 10.1. The highest BCUT2D eigenvalue weighted by molar-refractivity contribution is 6.30. The molecule has 3 rings (SSSR count). The van der Waals surface area contributed by atoms with Crippen molar-refractivity contribution in [1.29, 1.82) is 0 Å². The number of hydrogen-bond acceptors (Lipinski definition) is 4. The average molecular weight is 565 g/mol. The minimum absolute atomic E-state index is 0.0895. The van der Waals surface area contributed by atoms with E-state index in [0.717, 1.165) is 29.5 Å². The number of aryl methyl sites for hydroxylation is 1. The second kappa shape index (κ2) is 16.6. The normalized spacial score (nSPS) is 11.5. The highest BCUT2D eigenvalue weighted by atomic mass is 35.5. The summed E-state index contributed by atoms with van der Waals surface area (Å²) in [7, 11) is 0. The SMILES string of the molecule is CCCCNC(=O)C(Cc1ccccc1)N(Cc1ccc(Cl)cc1)C(=O)CCc1ccc(OCC)c(OCC)c1. The van der Waals surface area contributed by atoms with E-state index in [9.17, 15) is 9.59 Å². The molecule has 0 saturated carbocycles. The number of hydrogen-bond donors (Lipinski definition) is 1. The first-order valence-corrected chi connectivity index (χ1v) is 14.6. The summed E-state index contributed by atoms with van der Waals surface area (Å²) in [5.41, 5.74) is 2.88. The second-order valence-electron chi connectivity index (χ2n) is 9.65. The molecule has 0 spiro atoms. The largest absolute Gasteiger partial charge is 0.490 e. The number of ether oxygens (including phenoxy) is 2. The lowest BCUT2D eigenvalue weighted by molar-refractivity contribution is -0.141. The standard InChI is InChI=1S/C33H41ClN2O4/c1-4-7-21-35-33(38)29(22-25-11-9-8-10-12-25)36(24-27-13-17-28(34)18-14-27)32(37)20-16-26-15-19-30(39-5-2)31(23-26)40-6-3/h8-15,17-19,23,29H,4-7,16,20-22,24H2,1-3H3,(H,35,38). The van der Waals surface area contributed by atoms with Crippen LogP contribution in [0.3, 0.4) is 0 Å². The van der Waals surface area contributed by atoms with E-state index in [-0.39, 0.29) is 18.2 Å². The van der Waals surface area contributed by atoms with Gasteiger partial charge in [0.05, 0.1) is 13.2 Å². The van der Waals surface area contributed by atoms with Crippen molar-refractivity contribution >= 4 is 23.4 Å². The van der Waals surface area contributed by atoms with Crippen molar-refractivity contribution in [2.24, 2.45) is 0 Å². The lowest BCUT2D eigenvalue weighted by atomic mass is 10.0. The van der Waals surface area contributed by atoms with Crippen LogP contribution < -0.4 is 14.8 Å². The van der Waals surface area contributed by atoms with Gasteiger partial charge >= 0.3 is 0 Å². The number of nitrogens with zero attached hydrogens (tertiary/aromatic N) is 1. The summed E-state index contributed by atoms with van der Waals surface area (Å²) in [5.74, 6) is 1.13. The van der Waals surface area contributed by atoms with E-state index in [2.05, 4.69) is 12.2 Å². The Morgan fingerprint density at radius 2 is 1.52 bits per heavy atom. The third-order valence-corrected chi connectivity index (χ3v) is 6.85. The van der Waals surface area contributed by atoms with Crippen LogP contribution in [-0.4, -0.2) is 42.5 Å². The molecule has 1 atom stereocenters. The molecule has 0 aliphatic heterocycles. The molecule has 3 aromatic carbocycles. The average Bonchev–Trinajstić information content (AvgIpc) is 2.96. The highest BCUT2D eigenvalue weighted by Gasteiger charge is 2.30. The number of benzene rings is 3. The fourth-order valence-electron chi connectivity index (χ4n) is 4.49. The molecule has 0 aromatic heterocycles. The van der Waals surface area contributed by atoms with Gasteiger partial charge in [0, 0.05) is 31.0 Å². The molecule has 7 heteroatoms. The lowest BCUT2D eigenvalue weighted by Crippen LogP contribution is -2.50. The predicted molar refractivity (Wildman–Crippen MR) is 161 cm³/mol. The molecule has 0 heterocycles. The Hall–Kier alpha value is -3.51. The summed E-state index contributed by atoms with van der Waals surface area (Å²) >= 11 is 6.12. The van der Waals surface area contributed by atoms with Crippen LogP contribution in [0.5, 0.6) is 11.5 Å². The monoisotopic (exact) mass is 564 g/mol. The van der Waals surface area contributed by atoms with Gasteiger partial charge in [0.15, 0.2) is 11.5 Å². The van der Waals surface area contributed by atoms with E-state index in [1.165, 1.54) is 0 Å². The zero-order chi connectivity index (χ0) is 28.7. The summed E-state index contributed by atoms with van der Waals surface area (Å²) in [4.78, 5) is 29.2. The van der Waals surface area contributed by atoms with E-state index in [1.54, 1.807) is 4.90 Å². The molecule has 2 amide bonds. The quantitative estimate of drug-likeness (QED) is 0.198. The summed E-state index contributed by atoms with van der Waals surface area (Å²) in [6, 6.07) is 22.4. The molecule has 0 saturated heterocycles. The van der Waals surface area contributed by atoms with Gasteiger partial charge in [-0.15, -0.1) is 0 Å². The Kier molecular flexibility index (Phi) is 12.8. The number of halogens is 1. The van der Waals surface area contributed by atoms with Crippen LogP contribution in [-0.2, 0) is 29.0 Å². The van der Waals surface area contributed by atoms with Crippen LogP contribution in [0.1, 0.15) is 56.7 Å². The molecule has 214 valence electrons. The number of carbonyl (C=O) groups is 2. The number of amides is 2. The minimum atomic E-state index is -0.651. The molecule has 1 unspecified atom stereocenters. The van der Waals surface area contributed by atoms with Crippen molar-refractivity contribution < 1.29 is 19.1 Å². The van der Waals surface area contributed by atoms with Crippen LogP contribution >= 0.6 is 11.6 Å². The first-order chi connectivity index (χ1) is 19.4. The van der Waals surface area contributed by atoms with E-state index in [1.807, 2.05) is 86.6 Å². The molecule has 40 heavy (non-hydrogen) atoms. The summed E-state index contributed by atoms with van der Waals surface area (Å²) in [6.07, 6.45) is 3.05. The van der Waals surface area contributed by atoms with Crippen LogP contribution in [0.25, 0.3) is 0 Å². The third kappa shape index (κ3) is 9.60. The Morgan fingerprint density at radius 1 is 0.850 bits per heavy atom. The lowest BCUT2D eigenvalue weighted by Gasteiger charge is -2.32. The van der Waals surface area contributed by atoms with E-state index in [0.29, 0.717) is 55.7 Å². The fraction of sp³-hybridized carbons (Fsp3) is 0.394. The number of carbonyl (C=O) groups excluding carboxylic acids is 2. The Morgan fingerprint density at radius 3 is 2.20 bits per heavy atom. The number of rotatable bonds is 16. The first kappa shape index (κ1) is 31.0. The maximum atomic E-state index is 13.9. The number of unbranched alkanes of at least 4 members (excludes halogenated alkanes) is 1. The van der Waals surface area contributed by atoms with Crippen molar-refractivity contribution in [3.8, 4) is 11.5 Å². The molecular formula is C33H41ClN2O4. The number of nitrogens with one attached hydrogen (secondary N) is 1. The maximum absolute atomic E-state index is 13.9. The molecule has 0 bridgehead atoms. The molecule has 0 aliphatic carbocycles. The van der Waals surface area contributed by atoms with Gasteiger partial charge in [0.25, 0.3) is 0 Å². The van der Waals surface area contributed by atoms with Crippen LogP contribution in [0.2, 0.25) is 5.02 Å². The van der Waals surface area contributed by atoms with Crippen LogP contribution in [0, 0.1) is 0 Å². The zero-order valence-electron chi connectivity index (χ0n) is 23.8. The van der Waals surface area contributed by atoms with Gasteiger partial charge in [-0.3, -0.25) is 9.59 Å². The summed E-state index contributed by atoms with van der Waals surface area (Å²) in [5, 5.41) is 3.69. The Bertz CT molecular complexity index is 1200. The minimum Gasteiger partial charge on any atom is -0.490 e. The van der Waals surface area contributed by atoms with Gasteiger partial charge in [-0.25, -0.2) is 0 Å². The van der Waals surface area contributed by atoms with Gasteiger partial charge in [0.2, 0.25) is 11.8 Å². The fourth-order valence-corrected chi connectivity index (χ4v) is 4.62. The molecular weight excluding hydrogens is 524 g/mol. The van der Waals surface area contributed by atoms with Gasteiger partial charge < -0.3 is 19.7 Å². The molecule has 3 aromatic rings. The topological polar surface area (TPSA) is 67.9 Å². The molecule has 0 radical (unpaired) electrons. The Balaban J connectivity index is 1.87. The van der Waals surface area contributed by atoms with Crippen molar-refractivity contribution in [2.45, 2.75) is 65.5 Å². The maximum Gasteiger partial charge on any atom is 0.243 e. The third-order valence-electron chi connectivity index (χ3n) is 6.60. The van der Waals surface area contributed by atoms with Gasteiger partial charge in [-0.2, -0.15) is 0 Å². The van der Waals surface area contributed by atoms with Crippen molar-refractivity contribution in [3.63, 3.8) is 0 Å². The van der Waals surface area contributed by atoms with Gasteiger partial charge in [-0.1, -0.05) is 73.5 Å². The van der Waals surface area contributed by atoms with E-state index < -0.39 is 6.04 Å². The van der Waals surface area contributed by atoms with Gasteiger partial charge in [-0.05, 0) is 67.6 Å². The summed E-state index contributed by atoms with van der Waals surface area (Å²) in [6.45, 7) is 7.90. The molecule has 6 nitrogen and oxygen atoms in total. The van der Waals surface area contributed by atoms with E-state index in [4.69, 9.17) is 21.1 Å². The molecule has 0 fully saturated rings. The van der Waals surface area contributed by atoms with Crippen molar-refractivity contribution in [3.05, 3.63) is 94.5 Å². The van der Waals surface area contributed by atoms with Gasteiger partial charge in [0.1, 0.15) is 6.04 Å². The first-order valence-electron chi connectivity index (χ1n) is 14.2. The van der Waals surface area contributed by atoms with Crippen LogP contribution in [0.4, 0.5) is 0 Å². The molecule has 1 N–H and O–H groups in total. The smallest absolute Gasteiger partial charge is 0.243 e. The molecule has 0 aliphatic rings.